The molecule has 2 rings (SSSR count). The van der Waals surface area contributed by atoms with E-state index in [4.69, 9.17) is 4.74 Å². The van der Waals surface area contributed by atoms with Gasteiger partial charge in [-0.3, -0.25) is 4.79 Å². The van der Waals surface area contributed by atoms with Gasteiger partial charge in [0, 0.05) is 19.5 Å². The Kier molecular flexibility index (Phi) is 5.00. The van der Waals surface area contributed by atoms with Crippen molar-refractivity contribution in [1.29, 1.82) is 5.26 Å². The molecule has 1 atom stereocenters. The molecule has 0 bridgehead atoms. The topological polar surface area (TPSA) is 53.3 Å². The van der Waals surface area contributed by atoms with Crippen LogP contribution in [0.1, 0.15) is 24.8 Å². The zero-order valence-electron chi connectivity index (χ0n) is 11.8. The van der Waals surface area contributed by atoms with Crippen LogP contribution in [0.4, 0.5) is 0 Å². The standard InChI is InChI=1S/C16H20N2O2/c1-20-15-8-4-3-7-13(15)11-14(12-17)16(19)18-9-5-2-6-10-18/h3-4,7-8,14H,2,5-6,9-11H2,1H3. The number of likely N-dealkylation sites (tertiary alicyclic amines) is 1. The Bertz CT molecular complexity index is 501. The average Bonchev–Trinajstić information content (AvgIpc) is 2.53. The summed E-state index contributed by atoms with van der Waals surface area (Å²) in [4.78, 5) is 14.2. The molecule has 0 saturated carbocycles. The van der Waals surface area contributed by atoms with E-state index in [-0.39, 0.29) is 5.91 Å². The number of rotatable bonds is 4. The Morgan fingerprint density at radius 1 is 1.35 bits per heavy atom. The van der Waals surface area contributed by atoms with Gasteiger partial charge >= 0.3 is 0 Å². The summed E-state index contributed by atoms with van der Waals surface area (Å²) in [7, 11) is 1.60. The van der Waals surface area contributed by atoms with E-state index in [1.807, 2.05) is 29.2 Å². The van der Waals surface area contributed by atoms with Crippen molar-refractivity contribution in [2.45, 2.75) is 25.7 Å². The van der Waals surface area contributed by atoms with Gasteiger partial charge in [0.2, 0.25) is 5.91 Å². The molecule has 1 fully saturated rings. The van der Waals surface area contributed by atoms with Crippen LogP contribution in [0.25, 0.3) is 0 Å². The van der Waals surface area contributed by atoms with E-state index in [0.717, 1.165) is 37.2 Å². The molecule has 1 heterocycles. The maximum Gasteiger partial charge on any atom is 0.240 e. The van der Waals surface area contributed by atoms with E-state index < -0.39 is 5.92 Å². The largest absolute Gasteiger partial charge is 0.496 e. The number of benzene rings is 1. The lowest BCUT2D eigenvalue weighted by Crippen LogP contribution is -2.40. The van der Waals surface area contributed by atoms with Crippen LogP contribution in [0, 0.1) is 17.2 Å². The third kappa shape index (κ3) is 3.30. The summed E-state index contributed by atoms with van der Waals surface area (Å²) in [6.07, 6.45) is 3.67. The lowest BCUT2D eigenvalue weighted by Gasteiger charge is -2.28. The molecule has 4 heteroatoms. The number of carbonyl (C=O) groups excluding carboxylic acids is 1. The second-order valence-corrected chi connectivity index (χ2v) is 5.08. The Morgan fingerprint density at radius 3 is 2.70 bits per heavy atom. The number of hydrogen-bond donors (Lipinski definition) is 0. The van der Waals surface area contributed by atoms with Crippen molar-refractivity contribution in [3.63, 3.8) is 0 Å². The Morgan fingerprint density at radius 2 is 2.05 bits per heavy atom. The molecule has 1 saturated heterocycles. The molecule has 0 aliphatic carbocycles. The van der Waals surface area contributed by atoms with Crippen LogP contribution < -0.4 is 4.74 Å². The van der Waals surface area contributed by atoms with Gasteiger partial charge in [0.15, 0.2) is 0 Å². The second-order valence-electron chi connectivity index (χ2n) is 5.08. The summed E-state index contributed by atoms with van der Waals surface area (Å²) in [6.45, 7) is 1.56. The van der Waals surface area contributed by atoms with Crippen molar-refractivity contribution in [2.24, 2.45) is 5.92 Å². The van der Waals surface area contributed by atoms with Crippen molar-refractivity contribution < 1.29 is 9.53 Å². The number of piperidine rings is 1. The fourth-order valence-corrected chi connectivity index (χ4v) is 2.61. The highest BCUT2D eigenvalue weighted by atomic mass is 16.5. The molecule has 0 radical (unpaired) electrons. The normalized spacial score (nSPS) is 16.3. The zero-order chi connectivity index (χ0) is 14.4. The molecule has 0 N–H and O–H groups in total. The van der Waals surface area contributed by atoms with Crippen molar-refractivity contribution in [3.8, 4) is 11.8 Å². The van der Waals surface area contributed by atoms with Gasteiger partial charge in [-0.05, 0) is 30.9 Å². The average molecular weight is 272 g/mol. The third-order valence-electron chi connectivity index (χ3n) is 3.74. The Labute approximate surface area is 120 Å². The number of hydrogen-bond acceptors (Lipinski definition) is 3. The molecule has 1 unspecified atom stereocenters. The van der Waals surface area contributed by atoms with Crippen LogP contribution in [0.15, 0.2) is 24.3 Å². The van der Waals surface area contributed by atoms with Gasteiger partial charge < -0.3 is 9.64 Å². The SMILES string of the molecule is COc1ccccc1CC(C#N)C(=O)N1CCCCC1. The number of carbonyl (C=O) groups is 1. The van der Waals surface area contributed by atoms with Gasteiger partial charge in [-0.25, -0.2) is 0 Å². The number of ether oxygens (including phenoxy) is 1. The number of methoxy groups -OCH3 is 1. The van der Waals surface area contributed by atoms with Crippen molar-refractivity contribution in [2.75, 3.05) is 20.2 Å². The minimum Gasteiger partial charge on any atom is -0.496 e. The lowest BCUT2D eigenvalue weighted by molar-refractivity contribution is -0.134. The van der Waals surface area contributed by atoms with Crippen molar-refractivity contribution >= 4 is 5.91 Å². The predicted octanol–water partition coefficient (Wildman–Crippen LogP) is 2.39. The molecule has 1 aliphatic heterocycles. The first-order valence-electron chi connectivity index (χ1n) is 7.06. The first-order valence-corrected chi connectivity index (χ1v) is 7.06. The van der Waals surface area contributed by atoms with Crippen LogP contribution in [0.5, 0.6) is 5.75 Å². The van der Waals surface area contributed by atoms with Crippen LogP contribution >= 0.6 is 0 Å². The molecule has 0 aromatic heterocycles. The van der Waals surface area contributed by atoms with Crippen molar-refractivity contribution in [3.05, 3.63) is 29.8 Å². The molecule has 1 aromatic rings. The monoisotopic (exact) mass is 272 g/mol. The summed E-state index contributed by atoms with van der Waals surface area (Å²) in [5.41, 5.74) is 0.909. The van der Waals surface area contributed by atoms with E-state index >= 15 is 0 Å². The molecular weight excluding hydrogens is 252 g/mol. The van der Waals surface area contributed by atoms with E-state index in [0.29, 0.717) is 6.42 Å². The highest BCUT2D eigenvalue weighted by molar-refractivity contribution is 5.81. The minimum absolute atomic E-state index is 0.0434. The van der Waals surface area contributed by atoms with Crippen LogP contribution in [-0.2, 0) is 11.2 Å². The molecule has 1 aliphatic rings. The van der Waals surface area contributed by atoms with Gasteiger partial charge in [-0.1, -0.05) is 18.2 Å². The smallest absolute Gasteiger partial charge is 0.240 e. The number of nitriles is 1. The first kappa shape index (κ1) is 14.4. The molecule has 1 aromatic carbocycles. The molecular formula is C16H20N2O2. The molecule has 4 nitrogen and oxygen atoms in total. The fraction of sp³-hybridized carbons (Fsp3) is 0.500. The van der Waals surface area contributed by atoms with Gasteiger partial charge in [-0.2, -0.15) is 5.26 Å². The summed E-state index contributed by atoms with van der Waals surface area (Å²) >= 11 is 0. The van der Waals surface area contributed by atoms with Crippen molar-refractivity contribution in [1.82, 2.24) is 4.90 Å². The van der Waals surface area contributed by atoms with E-state index in [1.165, 1.54) is 6.42 Å². The highest BCUT2D eigenvalue weighted by Gasteiger charge is 2.26. The summed E-state index contributed by atoms with van der Waals surface area (Å²) < 4.78 is 5.28. The molecule has 106 valence electrons. The van der Waals surface area contributed by atoms with Gasteiger partial charge in [0.25, 0.3) is 0 Å². The summed E-state index contributed by atoms with van der Waals surface area (Å²) in [6, 6.07) is 9.70. The molecule has 1 amide bonds. The highest BCUT2D eigenvalue weighted by Crippen LogP contribution is 2.22. The summed E-state index contributed by atoms with van der Waals surface area (Å²) in [5.74, 6) is 0.0710. The van der Waals surface area contributed by atoms with Crippen LogP contribution in [0.2, 0.25) is 0 Å². The minimum atomic E-state index is -0.621. The second kappa shape index (κ2) is 6.95. The maximum absolute atomic E-state index is 12.4. The number of para-hydroxylation sites is 1. The third-order valence-corrected chi connectivity index (χ3v) is 3.74. The quantitative estimate of drug-likeness (QED) is 0.845. The van der Waals surface area contributed by atoms with Gasteiger partial charge in [0.05, 0.1) is 13.2 Å². The Balaban J connectivity index is 2.08. The maximum atomic E-state index is 12.4. The predicted molar refractivity (Wildman–Crippen MR) is 76.2 cm³/mol. The molecule has 0 spiro atoms. The molecule has 20 heavy (non-hydrogen) atoms. The van der Waals surface area contributed by atoms with Gasteiger partial charge in [0.1, 0.15) is 11.7 Å². The lowest BCUT2D eigenvalue weighted by atomic mass is 9.97. The number of nitrogens with zero attached hydrogens (tertiary/aromatic N) is 2. The first-order chi connectivity index (χ1) is 9.76. The number of amides is 1. The van der Waals surface area contributed by atoms with E-state index in [2.05, 4.69) is 6.07 Å². The van der Waals surface area contributed by atoms with Crippen LogP contribution in [-0.4, -0.2) is 31.0 Å². The van der Waals surface area contributed by atoms with Crippen LogP contribution in [0.3, 0.4) is 0 Å². The summed E-state index contributed by atoms with van der Waals surface area (Å²) in [5, 5.41) is 9.31. The van der Waals surface area contributed by atoms with E-state index in [1.54, 1.807) is 7.11 Å². The van der Waals surface area contributed by atoms with E-state index in [9.17, 15) is 10.1 Å². The Hall–Kier alpha value is -2.02. The zero-order valence-corrected chi connectivity index (χ0v) is 11.8. The van der Waals surface area contributed by atoms with Gasteiger partial charge in [-0.15, -0.1) is 0 Å². The fourth-order valence-electron chi connectivity index (χ4n) is 2.61.